The molecule has 3 rings (SSSR count). The predicted octanol–water partition coefficient (Wildman–Crippen LogP) is 5.25. The number of nitrogens with one attached hydrogen (secondary N) is 1. The van der Waals surface area contributed by atoms with E-state index >= 15 is 0 Å². The van der Waals surface area contributed by atoms with E-state index in [1.165, 1.54) is 0 Å². The maximum atomic E-state index is 6.15. The number of aromatic amines is 1. The Labute approximate surface area is 113 Å². The maximum absolute atomic E-state index is 6.15. The molecule has 0 bridgehead atoms. The monoisotopic (exact) mass is 305 g/mol. The molecule has 0 aliphatic carbocycles. The zero-order valence-electron chi connectivity index (χ0n) is 8.87. The first kappa shape index (κ1) is 10.9. The summed E-state index contributed by atoms with van der Waals surface area (Å²) < 4.78 is 1.07. The molecular weight excluding hydrogens is 298 g/mol. The Bertz CT molecular complexity index is 688. The number of aromatic nitrogens is 1. The number of para-hydroxylation sites is 1. The van der Waals surface area contributed by atoms with Crippen molar-refractivity contribution in [1.82, 2.24) is 4.98 Å². The Balaban J connectivity index is 2.22. The van der Waals surface area contributed by atoms with Crippen molar-refractivity contribution in [2.45, 2.75) is 0 Å². The topological polar surface area (TPSA) is 15.8 Å². The molecule has 0 radical (unpaired) electrons. The third-order valence-corrected chi connectivity index (χ3v) is 3.55. The number of benzene rings is 2. The van der Waals surface area contributed by atoms with Gasteiger partial charge >= 0.3 is 0 Å². The van der Waals surface area contributed by atoms with Crippen LogP contribution in [0.3, 0.4) is 0 Å². The number of hydrogen-bond acceptors (Lipinski definition) is 0. The minimum Gasteiger partial charge on any atom is -0.353 e. The minimum atomic E-state index is 0.753. The SMILES string of the molecule is Clc1cccc2cc(-c3cccc(Br)c3)[nH]c12. The van der Waals surface area contributed by atoms with Gasteiger partial charge in [0.05, 0.1) is 10.5 Å². The van der Waals surface area contributed by atoms with E-state index in [1.807, 2.05) is 24.3 Å². The summed E-state index contributed by atoms with van der Waals surface area (Å²) in [6.45, 7) is 0. The molecule has 0 amide bonds. The molecule has 0 unspecified atom stereocenters. The van der Waals surface area contributed by atoms with Crippen LogP contribution in [0.15, 0.2) is 53.0 Å². The fraction of sp³-hybridized carbons (Fsp3) is 0. The molecule has 2 aromatic carbocycles. The lowest BCUT2D eigenvalue weighted by molar-refractivity contribution is 1.45. The van der Waals surface area contributed by atoms with E-state index in [-0.39, 0.29) is 0 Å². The van der Waals surface area contributed by atoms with E-state index in [0.29, 0.717) is 0 Å². The van der Waals surface area contributed by atoms with Gasteiger partial charge in [0.25, 0.3) is 0 Å². The van der Waals surface area contributed by atoms with Crippen molar-refractivity contribution in [3.63, 3.8) is 0 Å². The zero-order valence-corrected chi connectivity index (χ0v) is 11.2. The lowest BCUT2D eigenvalue weighted by Crippen LogP contribution is -1.76. The van der Waals surface area contributed by atoms with Gasteiger partial charge in [0.1, 0.15) is 0 Å². The molecule has 0 aliphatic rings. The van der Waals surface area contributed by atoms with Crippen LogP contribution >= 0.6 is 27.5 Å². The van der Waals surface area contributed by atoms with Crippen molar-refractivity contribution < 1.29 is 0 Å². The second-order valence-corrected chi connectivity index (χ2v) is 5.22. The normalized spacial score (nSPS) is 10.9. The molecule has 0 spiro atoms. The highest BCUT2D eigenvalue weighted by Crippen LogP contribution is 2.29. The number of fused-ring (bicyclic) bond motifs is 1. The number of halogens is 2. The molecule has 0 atom stereocenters. The molecule has 1 nitrogen and oxygen atoms in total. The Morgan fingerprint density at radius 1 is 1.00 bits per heavy atom. The van der Waals surface area contributed by atoms with Gasteiger partial charge in [-0.15, -0.1) is 0 Å². The van der Waals surface area contributed by atoms with Gasteiger partial charge in [0.2, 0.25) is 0 Å². The average molecular weight is 307 g/mol. The van der Waals surface area contributed by atoms with Gasteiger partial charge < -0.3 is 4.98 Å². The van der Waals surface area contributed by atoms with Crippen molar-refractivity contribution in [3.05, 3.63) is 58.0 Å². The van der Waals surface area contributed by atoms with E-state index in [9.17, 15) is 0 Å². The van der Waals surface area contributed by atoms with Gasteiger partial charge in [0, 0.05) is 15.6 Å². The summed E-state index contributed by atoms with van der Waals surface area (Å²) in [7, 11) is 0. The van der Waals surface area contributed by atoms with Crippen molar-refractivity contribution in [3.8, 4) is 11.3 Å². The number of rotatable bonds is 1. The first-order valence-corrected chi connectivity index (χ1v) is 6.44. The van der Waals surface area contributed by atoms with Crippen LogP contribution in [0.5, 0.6) is 0 Å². The number of H-pyrrole nitrogens is 1. The quantitative estimate of drug-likeness (QED) is 0.632. The highest BCUT2D eigenvalue weighted by Gasteiger charge is 2.05. The molecule has 0 saturated heterocycles. The summed E-state index contributed by atoms with van der Waals surface area (Å²) in [6, 6.07) is 16.2. The largest absolute Gasteiger partial charge is 0.353 e. The summed E-state index contributed by atoms with van der Waals surface area (Å²) in [6.07, 6.45) is 0. The molecule has 3 heteroatoms. The standard InChI is InChI=1S/C14H9BrClN/c15-11-5-1-3-9(7-11)13-8-10-4-2-6-12(16)14(10)17-13/h1-8,17H. The highest BCUT2D eigenvalue weighted by atomic mass is 79.9. The lowest BCUT2D eigenvalue weighted by Gasteiger charge is -1.98. The van der Waals surface area contributed by atoms with Crippen molar-refractivity contribution >= 4 is 38.4 Å². The minimum absolute atomic E-state index is 0.753. The number of hydrogen-bond donors (Lipinski definition) is 1. The van der Waals surface area contributed by atoms with Crippen LogP contribution in [-0.4, -0.2) is 4.98 Å². The molecule has 3 aromatic rings. The molecule has 0 saturated carbocycles. The zero-order chi connectivity index (χ0) is 11.8. The predicted molar refractivity (Wildman–Crippen MR) is 76.4 cm³/mol. The van der Waals surface area contributed by atoms with Gasteiger partial charge in [-0.2, -0.15) is 0 Å². The van der Waals surface area contributed by atoms with Gasteiger partial charge in [-0.05, 0) is 29.8 Å². The molecule has 0 aliphatic heterocycles. The van der Waals surface area contributed by atoms with Crippen molar-refractivity contribution in [2.75, 3.05) is 0 Å². The van der Waals surface area contributed by atoms with Crippen LogP contribution in [-0.2, 0) is 0 Å². The molecule has 0 fully saturated rings. The summed E-state index contributed by atoms with van der Waals surface area (Å²) in [4.78, 5) is 3.35. The van der Waals surface area contributed by atoms with Crippen LogP contribution in [0, 0.1) is 0 Å². The fourth-order valence-corrected chi connectivity index (χ4v) is 2.56. The third-order valence-electron chi connectivity index (χ3n) is 2.74. The van der Waals surface area contributed by atoms with Crippen LogP contribution in [0.2, 0.25) is 5.02 Å². The summed E-state index contributed by atoms with van der Waals surface area (Å²) in [5.74, 6) is 0. The Morgan fingerprint density at radius 3 is 2.59 bits per heavy atom. The van der Waals surface area contributed by atoms with E-state index < -0.39 is 0 Å². The van der Waals surface area contributed by atoms with Gasteiger partial charge in [-0.1, -0.05) is 51.8 Å². The van der Waals surface area contributed by atoms with Gasteiger partial charge in [-0.25, -0.2) is 0 Å². The second-order valence-electron chi connectivity index (χ2n) is 3.90. The second kappa shape index (κ2) is 4.21. The molecule has 1 heterocycles. The first-order valence-electron chi connectivity index (χ1n) is 5.27. The summed E-state index contributed by atoms with van der Waals surface area (Å²) in [5.41, 5.74) is 3.21. The van der Waals surface area contributed by atoms with Gasteiger partial charge in [-0.3, -0.25) is 0 Å². The molecule has 84 valence electrons. The third kappa shape index (κ3) is 1.99. The summed E-state index contributed by atoms with van der Waals surface area (Å²) in [5, 5.41) is 1.89. The Hall–Kier alpha value is -1.25. The fourth-order valence-electron chi connectivity index (χ4n) is 1.93. The maximum Gasteiger partial charge on any atom is 0.0648 e. The van der Waals surface area contributed by atoms with Gasteiger partial charge in [0.15, 0.2) is 0 Å². The van der Waals surface area contributed by atoms with E-state index in [1.54, 1.807) is 0 Å². The molecular formula is C14H9BrClN. The van der Waals surface area contributed by atoms with Crippen molar-refractivity contribution in [1.29, 1.82) is 0 Å². The van der Waals surface area contributed by atoms with Crippen LogP contribution in [0.1, 0.15) is 0 Å². The molecule has 1 N–H and O–H groups in total. The van der Waals surface area contributed by atoms with E-state index in [4.69, 9.17) is 11.6 Å². The van der Waals surface area contributed by atoms with Crippen LogP contribution < -0.4 is 0 Å². The molecule has 1 aromatic heterocycles. The Kier molecular flexibility index (Phi) is 2.69. The van der Waals surface area contributed by atoms with E-state index in [2.05, 4.69) is 45.2 Å². The van der Waals surface area contributed by atoms with Crippen LogP contribution in [0.4, 0.5) is 0 Å². The van der Waals surface area contributed by atoms with Crippen LogP contribution in [0.25, 0.3) is 22.2 Å². The van der Waals surface area contributed by atoms with Crippen molar-refractivity contribution in [2.24, 2.45) is 0 Å². The average Bonchev–Trinajstić information content (AvgIpc) is 2.74. The Morgan fingerprint density at radius 2 is 1.82 bits per heavy atom. The highest BCUT2D eigenvalue weighted by molar-refractivity contribution is 9.10. The van der Waals surface area contributed by atoms with E-state index in [0.717, 1.165) is 31.7 Å². The summed E-state index contributed by atoms with van der Waals surface area (Å²) >= 11 is 9.63. The first-order chi connectivity index (χ1) is 8.24. The smallest absolute Gasteiger partial charge is 0.0648 e. The molecule has 17 heavy (non-hydrogen) atoms. The lowest BCUT2D eigenvalue weighted by atomic mass is 10.1.